The van der Waals surface area contributed by atoms with Crippen LogP contribution in [0.1, 0.15) is 31.7 Å². The molecule has 0 spiro atoms. The highest BCUT2D eigenvalue weighted by atomic mass is 16.1. The number of rotatable bonds is 7. The maximum absolute atomic E-state index is 12.6. The van der Waals surface area contributed by atoms with E-state index in [0.29, 0.717) is 5.92 Å². The zero-order valence-corrected chi connectivity index (χ0v) is 17.4. The van der Waals surface area contributed by atoms with Gasteiger partial charge < -0.3 is 15.5 Å². The van der Waals surface area contributed by atoms with Crippen LogP contribution in [0.2, 0.25) is 0 Å². The number of benzene rings is 2. The molecule has 2 aromatic carbocycles. The lowest BCUT2D eigenvalue weighted by molar-refractivity contribution is -0.655. The van der Waals surface area contributed by atoms with Gasteiger partial charge in [-0.1, -0.05) is 50.2 Å². The van der Waals surface area contributed by atoms with E-state index in [0.717, 1.165) is 49.3 Å². The summed E-state index contributed by atoms with van der Waals surface area (Å²) in [4.78, 5) is 15.1. The summed E-state index contributed by atoms with van der Waals surface area (Å²) < 4.78 is 0. The van der Waals surface area contributed by atoms with E-state index in [1.165, 1.54) is 5.69 Å². The van der Waals surface area contributed by atoms with E-state index >= 15 is 0 Å². The van der Waals surface area contributed by atoms with Crippen LogP contribution in [-0.2, 0) is 4.79 Å². The van der Waals surface area contributed by atoms with Crippen LogP contribution >= 0.6 is 0 Å². The minimum atomic E-state index is -0.243. The average Bonchev–Trinajstić information content (AvgIpc) is 2.76. The lowest BCUT2D eigenvalue weighted by Crippen LogP contribution is -2.89. The van der Waals surface area contributed by atoms with Crippen molar-refractivity contribution >= 4 is 11.6 Å². The van der Waals surface area contributed by atoms with E-state index < -0.39 is 0 Å². The number of carbonyl (C=O) groups is 1. The maximum Gasteiger partial charge on any atom is 0.228 e. The first-order chi connectivity index (χ1) is 14.1. The molecular formula is C24H31N4O+. The molecule has 1 amide bonds. The largest absolute Gasteiger partial charge is 0.360 e. The molecule has 1 heterocycles. The average molecular weight is 392 g/mol. The Morgan fingerprint density at radius 2 is 1.86 bits per heavy atom. The fraction of sp³-hybridized carbons (Fsp3) is 0.417. The molecule has 0 aliphatic carbocycles. The second kappa shape index (κ2) is 10.1. The summed E-state index contributed by atoms with van der Waals surface area (Å²) in [6.45, 7) is 8.75. The van der Waals surface area contributed by atoms with Crippen LogP contribution in [0, 0.1) is 17.2 Å². The van der Waals surface area contributed by atoms with Crippen molar-refractivity contribution in [1.82, 2.24) is 5.32 Å². The topological polar surface area (TPSA) is 72.7 Å². The Bertz CT molecular complexity index is 848. The van der Waals surface area contributed by atoms with Crippen molar-refractivity contribution in [2.75, 3.05) is 37.6 Å². The highest BCUT2D eigenvalue weighted by Crippen LogP contribution is 2.29. The Balaban J connectivity index is 1.81. The van der Waals surface area contributed by atoms with E-state index in [1.54, 1.807) is 0 Å². The smallest absolute Gasteiger partial charge is 0.228 e. The predicted molar refractivity (Wildman–Crippen MR) is 117 cm³/mol. The van der Waals surface area contributed by atoms with Gasteiger partial charge in [-0.15, -0.1) is 0 Å². The molecule has 3 rings (SSSR count). The van der Waals surface area contributed by atoms with Gasteiger partial charge in [0.05, 0.1) is 38.2 Å². The molecule has 5 heteroatoms. The molecule has 5 nitrogen and oxygen atoms in total. The fourth-order valence-electron chi connectivity index (χ4n) is 3.92. The summed E-state index contributed by atoms with van der Waals surface area (Å²) in [5.41, 5.74) is 4.54. The Morgan fingerprint density at radius 3 is 2.52 bits per heavy atom. The van der Waals surface area contributed by atoms with Crippen molar-refractivity contribution < 1.29 is 10.1 Å². The monoisotopic (exact) mass is 391 g/mol. The zero-order valence-electron chi connectivity index (χ0n) is 17.4. The standard InChI is InChI=1S/C24H30N4O/c1-18(2)16-23(24(29)27-11-10-25)21-5-3-4-20(17-21)19-6-8-22(9-7-19)28-14-12-26-13-15-28/h3-9,17-18,23,26H,11-16H2,1-2H3,(H,27,29)/p+1/t23-/m1/s1. The van der Waals surface area contributed by atoms with E-state index in [1.807, 2.05) is 18.2 Å². The quantitative estimate of drug-likeness (QED) is 0.713. The van der Waals surface area contributed by atoms with Crippen LogP contribution in [0.25, 0.3) is 11.1 Å². The second-order valence-corrected chi connectivity index (χ2v) is 8.08. The van der Waals surface area contributed by atoms with Gasteiger partial charge in [-0.2, -0.15) is 5.26 Å². The summed E-state index contributed by atoms with van der Waals surface area (Å²) in [6, 6.07) is 18.9. The van der Waals surface area contributed by atoms with Gasteiger partial charge in [-0.05, 0) is 41.2 Å². The molecule has 1 aliphatic heterocycles. The van der Waals surface area contributed by atoms with Crippen LogP contribution in [0.4, 0.5) is 5.69 Å². The molecule has 2 aromatic rings. The lowest BCUT2D eigenvalue weighted by Gasteiger charge is -2.27. The van der Waals surface area contributed by atoms with Gasteiger partial charge in [0.25, 0.3) is 0 Å². The number of carbonyl (C=O) groups excluding carboxylic acids is 1. The Labute approximate surface area is 173 Å². The fourth-order valence-corrected chi connectivity index (χ4v) is 3.92. The van der Waals surface area contributed by atoms with Crippen molar-refractivity contribution in [1.29, 1.82) is 5.26 Å². The van der Waals surface area contributed by atoms with Crippen molar-refractivity contribution in [2.24, 2.45) is 5.92 Å². The normalized spacial score (nSPS) is 15.0. The molecule has 0 radical (unpaired) electrons. The zero-order chi connectivity index (χ0) is 20.6. The number of nitrogens with two attached hydrogens (primary N) is 1. The molecule has 0 unspecified atom stereocenters. The van der Waals surface area contributed by atoms with Gasteiger partial charge in [0, 0.05) is 5.69 Å². The van der Waals surface area contributed by atoms with Gasteiger partial charge in [0.15, 0.2) is 0 Å². The third kappa shape index (κ3) is 5.58. The minimum Gasteiger partial charge on any atom is -0.360 e. The Morgan fingerprint density at radius 1 is 1.14 bits per heavy atom. The van der Waals surface area contributed by atoms with Gasteiger partial charge >= 0.3 is 0 Å². The Hall–Kier alpha value is -2.84. The van der Waals surface area contributed by atoms with E-state index in [2.05, 4.69) is 65.8 Å². The molecule has 0 bridgehead atoms. The third-order valence-corrected chi connectivity index (χ3v) is 5.43. The van der Waals surface area contributed by atoms with Gasteiger partial charge in [0.1, 0.15) is 6.54 Å². The first kappa shape index (κ1) is 20.9. The van der Waals surface area contributed by atoms with Crippen LogP contribution < -0.4 is 15.5 Å². The number of quaternary nitrogens is 1. The summed E-state index contributed by atoms with van der Waals surface area (Å²) in [5.74, 6) is 0.0689. The molecule has 1 fully saturated rings. The van der Waals surface area contributed by atoms with Crippen LogP contribution in [0.3, 0.4) is 0 Å². The highest BCUT2D eigenvalue weighted by molar-refractivity contribution is 5.84. The molecular weight excluding hydrogens is 360 g/mol. The first-order valence-electron chi connectivity index (χ1n) is 10.5. The molecule has 1 atom stereocenters. The lowest BCUT2D eigenvalue weighted by atomic mass is 9.88. The van der Waals surface area contributed by atoms with Crippen molar-refractivity contribution in [2.45, 2.75) is 26.2 Å². The van der Waals surface area contributed by atoms with Crippen LogP contribution in [-0.4, -0.2) is 38.6 Å². The summed E-state index contributed by atoms with van der Waals surface area (Å²) in [7, 11) is 0. The third-order valence-electron chi connectivity index (χ3n) is 5.43. The highest BCUT2D eigenvalue weighted by Gasteiger charge is 2.22. The summed E-state index contributed by atoms with van der Waals surface area (Å²) in [6.07, 6.45) is 0.756. The molecule has 152 valence electrons. The van der Waals surface area contributed by atoms with Gasteiger partial charge in [0.2, 0.25) is 5.91 Å². The number of piperazine rings is 1. The van der Waals surface area contributed by atoms with Gasteiger partial charge in [-0.25, -0.2) is 0 Å². The molecule has 0 saturated carbocycles. The van der Waals surface area contributed by atoms with E-state index in [4.69, 9.17) is 5.26 Å². The SMILES string of the molecule is CC(C)C[C@@H](C(=O)NCC#N)c1cccc(-c2ccc(N3CC[NH2+]CC3)cc2)c1. The first-order valence-corrected chi connectivity index (χ1v) is 10.5. The number of nitrogens with zero attached hydrogens (tertiary/aromatic N) is 2. The molecule has 3 N–H and O–H groups in total. The maximum atomic E-state index is 12.6. The molecule has 0 aromatic heterocycles. The number of nitrogens with one attached hydrogen (secondary N) is 1. The predicted octanol–water partition coefficient (Wildman–Crippen LogP) is 2.51. The van der Waals surface area contributed by atoms with E-state index in [-0.39, 0.29) is 18.4 Å². The van der Waals surface area contributed by atoms with Crippen molar-refractivity contribution in [3.05, 3.63) is 54.1 Å². The number of amides is 1. The molecule has 1 saturated heterocycles. The Kier molecular flexibility index (Phi) is 7.26. The van der Waals surface area contributed by atoms with Gasteiger partial charge in [-0.3, -0.25) is 4.79 Å². The van der Waals surface area contributed by atoms with Crippen LogP contribution in [0.5, 0.6) is 0 Å². The number of nitriles is 1. The van der Waals surface area contributed by atoms with Crippen molar-refractivity contribution in [3.63, 3.8) is 0 Å². The second-order valence-electron chi connectivity index (χ2n) is 8.08. The molecule has 1 aliphatic rings. The molecule has 29 heavy (non-hydrogen) atoms. The van der Waals surface area contributed by atoms with Crippen LogP contribution in [0.15, 0.2) is 48.5 Å². The number of hydrogen-bond donors (Lipinski definition) is 2. The number of anilines is 1. The summed E-state index contributed by atoms with van der Waals surface area (Å²) in [5, 5.41) is 13.9. The van der Waals surface area contributed by atoms with Crippen molar-refractivity contribution in [3.8, 4) is 17.2 Å². The minimum absolute atomic E-state index is 0.0445. The van der Waals surface area contributed by atoms with E-state index in [9.17, 15) is 4.79 Å². The summed E-state index contributed by atoms with van der Waals surface area (Å²) >= 11 is 0. The number of hydrogen-bond acceptors (Lipinski definition) is 3.